The molecule has 1 unspecified atom stereocenters. The molecule has 1 heterocycles. The van der Waals surface area contributed by atoms with Crippen LogP contribution in [0.2, 0.25) is 0 Å². The van der Waals surface area contributed by atoms with Crippen LogP contribution in [-0.2, 0) is 40.0 Å². The lowest BCUT2D eigenvalue weighted by Gasteiger charge is -2.19. The molecule has 13 nitrogen and oxygen atoms in total. The van der Waals surface area contributed by atoms with Crippen molar-refractivity contribution in [1.29, 1.82) is 0 Å². The smallest absolute Gasteiger partial charge is 0.243 e. The Bertz CT molecular complexity index is 1100. The highest BCUT2D eigenvalue weighted by Gasteiger charge is 2.34. The Morgan fingerprint density at radius 3 is 2.15 bits per heavy atom. The highest BCUT2D eigenvalue weighted by molar-refractivity contribution is 7.80. The molecule has 0 aromatic heterocycles. The Labute approximate surface area is 244 Å². The van der Waals surface area contributed by atoms with Crippen LogP contribution in [0.3, 0.4) is 0 Å². The summed E-state index contributed by atoms with van der Waals surface area (Å²) in [5.41, 5.74) is 0.784. The zero-order chi connectivity index (χ0) is 30.2. The highest BCUT2D eigenvalue weighted by Crippen LogP contribution is 2.19. The van der Waals surface area contributed by atoms with Crippen LogP contribution in [0.5, 0.6) is 0 Å². The van der Waals surface area contributed by atoms with Gasteiger partial charge in [-0.3, -0.25) is 38.5 Å². The lowest BCUT2D eigenvalue weighted by atomic mass is 10.1. The molecule has 224 valence electrons. The third kappa shape index (κ3) is 12.4. The molecule has 2 rings (SSSR count). The first-order valence-corrected chi connectivity index (χ1v) is 14.1. The molecule has 5 N–H and O–H groups in total. The molecular weight excluding hydrogens is 552 g/mol. The summed E-state index contributed by atoms with van der Waals surface area (Å²) in [6.07, 6.45) is 2.35. The molecule has 0 aliphatic carbocycles. The summed E-state index contributed by atoms with van der Waals surface area (Å²) in [7, 11) is 0. The molecule has 1 saturated heterocycles. The number of thiol groups is 1. The monoisotopic (exact) mass is 590 g/mol. The minimum Gasteiger partial charge on any atom is -0.347 e. The topological polar surface area (TPSA) is 183 Å². The van der Waals surface area contributed by atoms with E-state index in [0.717, 1.165) is 5.56 Å². The first kappa shape index (κ1) is 33.3. The summed E-state index contributed by atoms with van der Waals surface area (Å²) in [5, 5.41) is 12.3. The van der Waals surface area contributed by atoms with Crippen molar-refractivity contribution in [2.75, 3.05) is 32.1 Å². The zero-order valence-corrected chi connectivity index (χ0v) is 24.0. The normalized spacial score (nSPS) is 15.2. The van der Waals surface area contributed by atoms with E-state index in [9.17, 15) is 33.6 Å². The fourth-order valence-corrected chi connectivity index (χ4v) is 4.25. The molecule has 1 aliphatic heterocycles. The Morgan fingerprint density at radius 1 is 0.854 bits per heavy atom. The molecule has 0 saturated carbocycles. The number of imide groups is 1. The number of likely N-dealkylation sites (tertiary alicyclic amines) is 1. The van der Waals surface area contributed by atoms with E-state index in [1.807, 2.05) is 6.07 Å². The van der Waals surface area contributed by atoms with Gasteiger partial charge in [0, 0.05) is 31.7 Å². The first-order chi connectivity index (χ1) is 19.6. The van der Waals surface area contributed by atoms with Gasteiger partial charge in [-0.1, -0.05) is 43.7 Å². The summed E-state index contributed by atoms with van der Waals surface area (Å²) in [6.45, 7) is 1.04. The van der Waals surface area contributed by atoms with Crippen molar-refractivity contribution in [3.63, 3.8) is 0 Å². The Balaban J connectivity index is 1.68. The first-order valence-electron chi connectivity index (χ1n) is 13.5. The number of hydrogen-bond donors (Lipinski definition) is 6. The second-order valence-electron chi connectivity index (χ2n) is 9.64. The number of unbranched alkanes of at least 4 members (excludes halogenated alkanes) is 2. The van der Waals surface area contributed by atoms with Crippen LogP contribution < -0.4 is 26.6 Å². The van der Waals surface area contributed by atoms with Gasteiger partial charge >= 0.3 is 0 Å². The Morgan fingerprint density at radius 2 is 1.49 bits per heavy atom. The molecule has 0 spiro atoms. The maximum Gasteiger partial charge on any atom is 0.243 e. The van der Waals surface area contributed by atoms with Crippen molar-refractivity contribution in [1.82, 2.24) is 31.5 Å². The van der Waals surface area contributed by atoms with Crippen LogP contribution in [0.4, 0.5) is 0 Å². The maximum absolute atomic E-state index is 12.7. The third-order valence-electron chi connectivity index (χ3n) is 6.28. The fraction of sp³-hybridized carbons (Fsp3) is 0.519. The molecule has 41 heavy (non-hydrogen) atoms. The van der Waals surface area contributed by atoms with E-state index in [4.69, 9.17) is 0 Å². The van der Waals surface area contributed by atoms with E-state index < -0.39 is 36.2 Å². The van der Waals surface area contributed by atoms with Crippen LogP contribution in [0.25, 0.3) is 0 Å². The van der Waals surface area contributed by atoms with Gasteiger partial charge in [0.05, 0.1) is 25.5 Å². The van der Waals surface area contributed by atoms with Gasteiger partial charge < -0.3 is 26.6 Å². The summed E-state index contributed by atoms with van der Waals surface area (Å²) < 4.78 is 0. The Hall–Kier alpha value is -3.94. The number of rotatable bonds is 17. The van der Waals surface area contributed by atoms with Crippen molar-refractivity contribution >= 4 is 54.0 Å². The van der Waals surface area contributed by atoms with Gasteiger partial charge in [-0.25, -0.2) is 0 Å². The number of amides is 7. The lowest BCUT2D eigenvalue weighted by Crippen LogP contribution is -2.52. The standard InChI is InChI=1S/C27H38N6O7S/c1-18-12-25(38)33(27(18)40)11-7-3-6-10-21(34)28-14-22(35)29-16-24(37)32-20(13-19-8-4-2-5-9-19)26(39)30-15-23(36)31-17-41/h2,4-5,8-9,18,20,41H,3,6-7,10-17H2,1H3,(H,28,34)(H,29,35)(H,30,39)(H,31,36)(H,32,37)/t18?,20-/m0/s1. The van der Waals surface area contributed by atoms with E-state index in [-0.39, 0.29) is 61.9 Å². The van der Waals surface area contributed by atoms with E-state index in [0.29, 0.717) is 25.8 Å². The molecule has 1 aliphatic rings. The molecule has 1 aromatic carbocycles. The van der Waals surface area contributed by atoms with E-state index in [2.05, 4.69) is 39.2 Å². The summed E-state index contributed by atoms with van der Waals surface area (Å²) in [6, 6.07) is 7.99. The van der Waals surface area contributed by atoms with Gasteiger partial charge in [-0.05, 0) is 18.4 Å². The van der Waals surface area contributed by atoms with Crippen molar-refractivity contribution in [2.24, 2.45) is 5.92 Å². The van der Waals surface area contributed by atoms with Gasteiger partial charge in [0.1, 0.15) is 6.04 Å². The van der Waals surface area contributed by atoms with E-state index >= 15 is 0 Å². The van der Waals surface area contributed by atoms with Crippen LogP contribution >= 0.6 is 12.6 Å². The molecule has 14 heteroatoms. The van der Waals surface area contributed by atoms with Crippen molar-refractivity contribution < 1.29 is 33.6 Å². The predicted molar refractivity (Wildman–Crippen MR) is 152 cm³/mol. The number of nitrogens with zero attached hydrogens (tertiary/aromatic N) is 1. The van der Waals surface area contributed by atoms with E-state index in [1.54, 1.807) is 31.2 Å². The number of carbonyl (C=O) groups excluding carboxylic acids is 7. The largest absolute Gasteiger partial charge is 0.347 e. The molecular formula is C27H38N6O7S. The minimum atomic E-state index is -0.990. The van der Waals surface area contributed by atoms with Gasteiger partial charge in [0.15, 0.2) is 0 Å². The van der Waals surface area contributed by atoms with Crippen LogP contribution in [-0.4, -0.2) is 84.3 Å². The van der Waals surface area contributed by atoms with Crippen LogP contribution in [0.1, 0.15) is 44.6 Å². The Kier molecular flexibility index (Phi) is 14.4. The molecule has 0 bridgehead atoms. The molecule has 1 aromatic rings. The molecule has 7 amide bonds. The third-order valence-corrected chi connectivity index (χ3v) is 6.44. The highest BCUT2D eigenvalue weighted by atomic mass is 32.1. The number of hydrogen-bond acceptors (Lipinski definition) is 8. The quantitative estimate of drug-likeness (QED) is 0.0583. The number of nitrogens with one attached hydrogen (secondary N) is 5. The second-order valence-corrected chi connectivity index (χ2v) is 9.95. The van der Waals surface area contributed by atoms with Crippen molar-refractivity contribution in [3.05, 3.63) is 35.9 Å². The van der Waals surface area contributed by atoms with Gasteiger partial charge in [-0.2, -0.15) is 12.6 Å². The van der Waals surface area contributed by atoms with Gasteiger partial charge in [-0.15, -0.1) is 0 Å². The van der Waals surface area contributed by atoms with Crippen LogP contribution in [0.15, 0.2) is 30.3 Å². The lowest BCUT2D eigenvalue weighted by molar-refractivity contribution is -0.139. The SMILES string of the molecule is CC1CC(=O)N(CCCCCC(=O)NCC(=O)NCC(=O)N[C@@H](Cc2ccccc2)C(=O)NCC(=O)NCS)C1=O. The van der Waals surface area contributed by atoms with Crippen molar-refractivity contribution in [2.45, 2.75) is 51.5 Å². The second kappa shape index (κ2) is 17.7. The van der Waals surface area contributed by atoms with E-state index in [1.165, 1.54) is 4.90 Å². The summed E-state index contributed by atoms with van der Waals surface area (Å²) in [4.78, 5) is 85.8. The van der Waals surface area contributed by atoms with Gasteiger partial charge in [0.25, 0.3) is 0 Å². The van der Waals surface area contributed by atoms with Crippen molar-refractivity contribution in [3.8, 4) is 0 Å². The molecule has 2 atom stereocenters. The summed E-state index contributed by atoms with van der Waals surface area (Å²) in [5.74, 6) is -3.02. The molecule has 1 fully saturated rings. The number of carbonyl (C=O) groups is 7. The average Bonchev–Trinajstić information content (AvgIpc) is 3.19. The van der Waals surface area contributed by atoms with Gasteiger partial charge in [0.2, 0.25) is 41.4 Å². The van der Waals surface area contributed by atoms with Crippen LogP contribution in [0, 0.1) is 5.92 Å². The predicted octanol–water partition coefficient (Wildman–Crippen LogP) is -0.979. The maximum atomic E-state index is 12.7. The fourth-order valence-electron chi connectivity index (χ4n) is 4.07. The zero-order valence-electron chi connectivity index (χ0n) is 23.1. The minimum absolute atomic E-state index is 0.115. The summed E-state index contributed by atoms with van der Waals surface area (Å²) >= 11 is 3.89. The molecule has 0 radical (unpaired) electrons. The average molecular weight is 591 g/mol. The number of benzene rings is 1.